The maximum atomic E-state index is 13.1. The zero-order valence-corrected chi connectivity index (χ0v) is 18.2. The van der Waals surface area contributed by atoms with Crippen molar-refractivity contribution in [2.75, 3.05) is 26.7 Å². The number of halogens is 1. The molecule has 0 aromatic heterocycles. The Balaban J connectivity index is 1.46. The molecule has 0 radical (unpaired) electrons. The lowest BCUT2D eigenvalue weighted by atomic mass is 10.1. The monoisotopic (exact) mass is 426 g/mol. The number of nitrogens with zero attached hydrogens (tertiary/aromatic N) is 2. The second kappa shape index (κ2) is 11.3. The predicted octanol–water partition coefficient (Wildman–Crippen LogP) is 3.12. The quantitative estimate of drug-likeness (QED) is 0.453. The highest BCUT2D eigenvalue weighted by Gasteiger charge is 2.23. The van der Waals surface area contributed by atoms with Crippen LogP contribution in [0.3, 0.4) is 0 Å². The van der Waals surface area contributed by atoms with Gasteiger partial charge in [0.1, 0.15) is 11.6 Å². The van der Waals surface area contributed by atoms with E-state index in [4.69, 9.17) is 9.73 Å². The molecule has 1 aliphatic carbocycles. The van der Waals surface area contributed by atoms with Crippen molar-refractivity contribution in [2.45, 2.75) is 38.8 Å². The molecular weight excluding hydrogens is 395 g/mol. The molecular formula is C24H31FN4O2. The standard InChI is InChI=1S/C24H31FN4O2/c1-3-26-24(29(2)16-19-4-8-20(25)9-5-19)27-15-14-18-6-12-22(13-7-18)31-17-23(30)28-21-10-11-21/h4-9,12-13,21H,3,10-11,14-17H2,1-2H3,(H,26,27)(H,28,30). The Kier molecular flexibility index (Phi) is 8.27. The zero-order chi connectivity index (χ0) is 22.1. The molecule has 1 aliphatic rings. The number of carbonyl (C=O) groups excluding carboxylic acids is 1. The van der Waals surface area contributed by atoms with Gasteiger partial charge in [-0.15, -0.1) is 0 Å². The minimum absolute atomic E-state index is 0.0482. The fourth-order valence-electron chi connectivity index (χ4n) is 3.10. The van der Waals surface area contributed by atoms with Crippen LogP contribution >= 0.6 is 0 Å². The smallest absolute Gasteiger partial charge is 0.258 e. The fourth-order valence-corrected chi connectivity index (χ4v) is 3.10. The maximum Gasteiger partial charge on any atom is 0.258 e. The van der Waals surface area contributed by atoms with Gasteiger partial charge >= 0.3 is 0 Å². The average molecular weight is 427 g/mol. The molecule has 0 heterocycles. The summed E-state index contributed by atoms with van der Waals surface area (Å²) in [6.07, 6.45) is 2.93. The van der Waals surface area contributed by atoms with Crippen LogP contribution in [-0.4, -0.2) is 49.6 Å². The highest BCUT2D eigenvalue weighted by atomic mass is 19.1. The van der Waals surface area contributed by atoms with Gasteiger partial charge in [0.05, 0.1) is 0 Å². The number of rotatable bonds is 10. The molecule has 31 heavy (non-hydrogen) atoms. The normalized spacial score (nSPS) is 13.6. The third kappa shape index (κ3) is 7.92. The second-order valence-electron chi connectivity index (χ2n) is 7.74. The van der Waals surface area contributed by atoms with Crippen molar-refractivity contribution >= 4 is 11.9 Å². The Labute approximate surface area is 183 Å². The van der Waals surface area contributed by atoms with Crippen molar-refractivity contribution in [3.8, 4) is 5.75 Å². The lowest BCUT2D eigenvalue weighted by Crippen LogP contribution is -2.38. The number of aliphatic imine (C=N–C) groups is 1. The first-order valence-electron chi connectivity index (χ1n) is 10.8. The van der Waals surface area contributed by atoms with E-state index in [9.17, 15) is 9.18 Å². The van der Waals surface area contributed by atoms with Gasteiger partial charge in [0, 0.05) is 32.7 Å². The topological polar surface area (TPSA) is 66.0 Å². The molecule has 1 fully saturated rings. The third-order valence-corrected chi connectivity index (χ3v) is 4.93. The van der Waals surface area contributed by atoms with Gasteiger partial charge in [-0.2, -0.15) is 0 Å². The summed E-state index contributed by atoms with van der Waals surface area (Å²) in [5, 5.41) is 6.20. The maximum absolute atomic E-state index is 13.1. The van der Waals surface area contributed by atoms with E-state index in [0.717, 1.165) is 42.9 Å². The zero-order valence-electron chi connectivity index (χ0n) is 18.2. The molecule has 1 amide bonds. The SMILES string of the molecule is CCNC(=NCCc1ccc(OCC(=O)NC2CC2)cc1)N(C)Cc1ccc(F)cc1. The molecule has 0 aliphatic heterocycles. The lowest BCUT2D eigenvalue weighted by molar-refractivity contribution is -0.123. The van der Waals surface area contributed by atoms with Gasteiger partial charge in [-0.05, 0) is 61.6 Å². The van der Waals surface area contributed by atoms with E-state index in [-0.39, 0.29) is 18.3 Å². The Morgan fingerprint density at radius 3 is 2.45 bits per heavy atom. The van der Waals surface area contributed by atoms with Crippen LogP contribution in [0.1, 0.15) is 30.9 Å². The first-order valence-corrected chi connectivity index (χ1v) is 10.8. The van der Waals surface area contributed by atoms with Crippen LogP contribution in [0, 0.1) is 5.82 Å². The summed E-state index contributed by atoms with van der Waals surface area (Å²) >= 11 is 0. The van der Waals surface area contributed by atoms with Gasteiger partial charge in [-0.1, -0.05) is 24.3 Å². The number of amides is 1. The summed E-state index contributed by atoms with van der Waals surface area (Å²) in [5.74, 6) is 1.20. The molecule has 2 aromatic carbocycles. The summed E-state index contributed by atoms with van der Waals surface area (Å²) in [6, 6.07) is 14.6. The molecule has 0 unspecified atom stereocenters. The predicted molar refractivity (Wildman–Crippen MR) is 121 cm³/mol. The molecule has 0 saturated heterocycles. The molecule has 2 aromatic rings. The van der Waals surface area contributed by atoms with E-state index in [1.807, 2.05) is 43.1 Å². The van der Waals surface area contributed by atoms with Crippen molar-refractivity contribution in [2.24, 2.45) is 4.99 Å². The Hall–Kier alpha value is -3.09. The Bertz CT molecular complexity index is 864. The molecule has 6 nitrogen and oxygen atoms in total. The molecule has 7 heteroatoms. The van der Waals surface area contributed by atoms with Gasteiger partial charge in [-0.3, -0.25) is 9.79 Å². The van der Waals surface area contributed by atoms with Crippen LogP contribution in [0.15, 0.2) is 53.5 Å². The number of carbonyl (C=O) groups is 1. The summed E-state index contributed by atoms with van der Waals surface area (Å²) in [7, 11) is 1.97. The largest absolute Gasteiger partial charge is 0.484 e. The number of guanidine groups is 1. The van der Waals surface area contributed by atoms with E-state index in [1.54, 1.807) is 12.1 Å². The van der Waals surface area contributed by atoms with Crippen LogP contribution in [-0.2, 0) is 17.8 Å². The van der Waals surface area contributed by atoms with Crippen molar-refractivity contribution in [3.05, 3.63) is 65.5 Å². The Morgan fingerprint density at radius 1 is 1.13 bits per heavy atom. The van der Waals surface area contributed by atoms with Crippen molar-refractivity contribution in [3.63, 3.8) is 0 Å². The number of ether oxygens (including phenoxy) is 1. The van der Waals surface area contributed by atoms with E-state index < -0.39 is 0 Å². The van der Waals surface area contributed by atoms with E-state index in [0.29, 0.717) is 24.9 Å². The van der Waals surface area contributed by atoms with Crippen LogP contribution in [0.2, 0.25) is 0 Å². The second-order valence-corrected chi connectivity index (χ2v) is 7.74. The summed E-state index contributed by atoms with van der Waals surface area (Å²) < 4.78 is 18.6. The molecule has 1 saturated carbocycles. The van der Waals surface area contributed by atoms with E-state index in [2.05, 4.69) is 10.6 Å². The molecule has 166 valence electrons. The minimum Gasteiger partial charge on any atom is -0.484 e. The molecule has 3 rings (SSSR count). The van der Waals surface area contributed by atoms with Crippen molar-refractivity contribution in [1.82, 2.24) is 15.5 Å². The average Bonchev–Trinajstić information content (AvgIpc) is 3.58. The van der Waals surface area contributed by atoms with Crippen molar-refractivity contribution in [1.29, 1.82) is 0 Å². The molecule has 0 bridgehead atoms. The van der Waals surface area contributed by atoms with Gasteiger partial charge in [0.25, 0.3) is 5.91 Å². The van der Waals surface area contributed by atoms with Gasteiger partial charge < -0.3 is 20.3 Å². The first-order chi connectivity index (χ1) is 15.0. The highest BCUT2D eigenvalue weighted by molar-refractivity contribution is 5.79. The van der Waals surface area contributed by atoms with Gasteiger partial charge in [-0.25, -0.2) is 4.39 Å². The van der Waals surface area contributed by atoms with Crippen molar-refractivity contribution < 1.29 is 13.9 Å². The van der Waals surface area contributed by atoms with E-state index >= 15 is 0 Å². The fraction of sp³-hybridized carbons (Fsp3) is 0.417. The summed E-state index contributed by atoms with van der Waals surface area (Å²) in [5.41, 5.74) is 2.17. The molecule has 0 spiro atoms. The van der Waals surface area contributed by atoms with Crippen LogP contribution in [0.25, 0.3) is 0 Å². The van der Waals surface area contributed by atoms with Crippen LogP contribution in [0.4, 0.5) is 4.39 Å². The number of benzene rings is 2. The van der Waals surface area contributed by atoms with Crippen LogP contribution in [0.5, 0.6) is 5.75 Å². The third-order valence-electron chi connectivity index (χ3n) is 4.93. The summed E-state index contributed by atoms with van der Waals surface area (Å²) in [6.45, 7) is 4.14. The number of nitrogens with one attached hydrogen (secondary N) is 2. The summed E-state index contributed by atoms with van der Waals surface area (Å²) in [4.78, 5) is 18.4. The van der Waals surface area contributed by atoms with E-state index in [1.165, 1.54) is 12.1 Å². The number of hydrogen-bond donors (Lipinski definition) is 2. The molecule has 0 atom stereocenters. The van der Waals surface area contributed by atoms with Crippen LogP contribution < -0.4 is 15.4 Å². The van der Waals surface area contributed by atoms with Gasteiger partial charge in [0.15, 0.2) is 12.6 Å². The minimum atomic E-state index is -0.232. The highest BCUT2D eigenvalue weighted by Crippen LogP contribution is 2.18. The first kappa shape index (κ1) is 22.6. The van der Waals surface area contributed by atoms with Gasteiger partial charge in [0.2, 0.25) is 0 Å². The number of hydrogen-bond acceptors (Lipinski definition) is 3. The Morgan fingerprint density at radius 2 is 1.81 bits per heavy atom. The molecule has 2 N–H and O–H groups in total. The lowest BCUT2D eigenvalue weighted by Gasteiger charge is -2.22.